The minimum Gasteiger partial charge on any atom is -1.00 e. The van der Waals surface area contributed by atoms with Gasteiger partial charge >= 0.3 is 0 Å². The van der Waals surface area contributed by atoms with Crippen LogP contribution in [0.3, 0.4) is 0 Å². The van der Waals surface area contributed by atoms with E-state index in [1.54, 1.807) is 0 Å². The molecule has 1 aliphatic heterocycles. The molecule has 0 N–H and O–H groups in total. The van der Waals surface area contributed by atoms with Crippen LogP contribution in [-0.4, -0.2) is 31.2 Å². The van der Waals surface area contributed by atoms with Gasteiger partial charge in [-0.05, 0) is 6.42 Å². The van der Waals surface area contributed by atoms with Crippen LogP contribution in [0.2, 0.25) is 0 Å². The molecule has 1 fully saturated rings. The number of halogens is 1. The molecular weight excluding hydrogens is 158 g/mol. The fourth-order valence-electron chi connectivity index (χ4n) is 1.86. The van der Waals surface area contributed by atoms with Gasteiger partial charge in [0.2, 0.25) is 0 Å². The molecule has 0 aromatic rings. The molecule has 1 aliphatic rings. The minimum absolute atomic E-state index is 0. The third-order valence-electron chi connectivity index (χ3n) is 2.70. The second-order valence-electron chi connectivity index (χ2n) is 3.85. The fraction of sp³-hybridized carbons (Fsp3) is 1.00. The highest BCUT2D eigenvalue weighted by Crippen LogP contribution is 2.16. The van der Waals surface area contributed by atoms with E-state index in [0.717, 1.165) is 0 Å². The first-order valence-electron chi connectivity index (χ1n) is 4.60. The van der Waals surface area contributed by atoms with Crippen LogP contribution in [0.15, 0.2) is 0 Å². The zero-order valence-electron chi connectivity index (χ0n) is 7.77. The van der Waals surface area contributed by atoms with E-state index >= 15 is 0 Å². The van der Waals surface area contributed by atoms with Crippen LogP contribution in [0.5, 0.6) is 0 Å². The maximum atomic E-state index is 2.41. The van der Waals surface area contributed by atoms with Crippen LogP contribution in [0, 0.1) is 0 Å². The Kier molecular flexibility index (Phi) is 5.11. The molecule has 1 rings (SSSR count). The number of likely N-dealkylation sites (tertiary alicyclic amines) is 1. The maximum Gasteiger partial charge on any atom is 0.0786 e. The van der Waals surface area contributed by atoms with Gasteiger partial charge in [0, 0.05) is 12.8 Å². The summed E-state index contributed by atoms with van der Waals surface area (Å²) >= 11 is 0. The van der Waals surface area contributed by atoms with Crippen LogP contribution in [0.4, 0.5) is 0 Å². The Morgan fingerprint density at radius 2 is 1.73 bits per heavy atom. The first-order chi connectivity index (χ1) is 4.77. The molecule has 1 nitrogen and oxygen atoms in total. The van der Waals surface area contributed by atoms with Gasteiger partial charge in [-0.3, -0.25) is 0 Å². The van der Waals surface area contributed by atoms with E-state index < -0.39 is 0 Å². The summed E-state index contributed by atoms with van der Waals surface area (Å²) in [6.07, 6.45) is 5.69. The Hall–Kier alpha value is 0.250. The second kappa shape index (κ2) is 5.00. The molecule has 0 atom stereocenters. The Balaban J connectivity index is 0.000001000. The van der Waals surface area contributed by atoms with Crippen molar-refractivity contribution in [3.8, 4) is 0 Å². The Morgan fingerprint density at radius 3 is 2.18 bits per heavy atom. The molecule has 0 amide bonds. The van der Waals surface area contributed by atoms with Crippen LogP contribution in [0.1, 0.15) is 32.6 Å². The molecule has 0 aromatic heterocycles. The Labute approximate surface area is 76.8 Å². The summed E-state index contributed by atoms with van der Waals surface area (Å²) in [6.45, 7) is 6.55. The number of quaternary nitrogens is 1. The summed E-state index contributed by atoms with van der Waals surface area (Å²) in [7, 11) is 2.41. The van der Waals surface area contributed by atoms with Gasteiger partial charge in [-0.25, -0.2) is 0 Å². The molecule has 1 saturated heterocycles. The Bertz CT molecular complexity index is 97.7. The predicted octanol–water partition coefficient (Wildman–Crippen LogP) is -0.969. The smallest absolute Gasteiger partial charge is 0.0786 e. The highest BCUT2D eigenvalue weighted by atomic mass is 35.5. The lowest BCUT2D eigenvalue weighted by atomic mass is 10.3. The molecule has 68 valence electrons. The van der Waals surface area contributed by atoms with E-state index in [-0.39, 0.29) is 12.4 Å². The highest BCUT2D eigenvalue weighted by molar-refractivity contribution is 4.51. The van der Waals surface area contributed by atoms with Crippen molar-refractivity contribution in [2.75, 3.05) is 26.7 Å². The summed E-state index contributed by atoms with van der Waals surface area (Å²) in [4.78, 5) is 0. The first-order valence-corrected chi connectivity index (χ1v) is 4.60. The third kappa shape index (κ3) is 3.44. The molecule has 0 radical (unpaired) electrons. The third-order valence-corrected chi connectivity index (χ3v) is 2.70. The molecule has 0 unspecified atom stereocenters. The van der Waals surface area contributed by atoms with Gasteiger partial charge in [0.1, 0.15) is 0 Å². The zero-order valence-corrected chi connectivity index (χ0v) is 8.53. The molecule has 11 heavy (non-hydrogen) atoms. The van der Waals surface area contributed by atoms with E-state index in [1.807, 2.05) is 0 Å². The summed E-state index contributed by atoms with van der Waals surface area (Å²) in [5, 5.41) is 0. The quantitative estimate of drug-likeness (QED) is 0.487. The van der Waals surface area contributed by atoms with Crippen LogP contribution < -0.4 is 12.4 Å². The number of hydrogen-bond donors (Lipinski definition) is 0. The number of nitrogens with zero attached hydrogens (tertiary/aromatic N) is 1. The van der Waals surface area contributed by atoms with Crippen molar-refractivity contribution >= 4 is 0 Å². The molecular formula is C9H20ClN. The van der Waals surface area contributed by atoms with Crippen LogP contribution >= 0.6 is 0 Å². The summed E-state index contributed by atoms with van der Waals surface area (Å²) in [5.41, 5.74) is 0. The lowest BCUT2D eigenvalue weighted by Crippen LogP contribution is -3.00. The number of unbranched alkanes of at least 4 members (excludes halogenated alkanes) is 1. The largest absolute Gasteiger partial charge is 1.00 e. The van der Waals surface area contributed by atoms with Crippen molar-refractivity contribution in [1.29, 1.82) is 0 Å². The van der Waals surface area contributed by atoms with Gasteiger partial charge < -0.3 is 16.9 Å². The first kappa shape index (κ1) is 11.2. The molecule has 0 saturated carbocycles. The van der Waals surface area contributed by atoms with Gasteiger partial charge in [-0.1, -0.05) is 13.3 Å². The standard InChI is InChI=1S/C9H20N.ClH/c1-3-4-7-10(2)8-5-6-9-10;/h3-9H2,1-2H3;1H/q+1;/p-1. The van der Waals surface area contributed by atoms with Crippen molar-refractivity contribution in [3.63, 3.8) is 0 Å². The van der Waals surface area contributed by atoms with E-state index in [1.165, 1.54) is 49.8 Å². The minimum atomic E-state index is 0. The van der Waals surface area contributed by atoms with Crippen molar-refractivity contribution in [3.05, 3.63) is 0 Å². The summed E-state index contributed by atoms with van der Waals surface area (Å²) in [5.74, 6) is 0. The van der Waals surface area contributed by atoms with Crippen LogP contribution in [-0.2, 0) is 0 Å². The van der Waals surface area contributed by atoms with Gasteiger partial charge in [0.05, 0.1) is 26.7 Å². The maximum absolute atomic E-state index is 2.41. The van der Waals surface area contributed by atoms with Gasteiger partial charge in [0.25, 0.3) is 0 Å². The topological polar surface area (TPSA) is 0 Å². The van der Waals surface area contributed by atoms with Gasteiger partial charge in [0.15, 0.2) is 0 Å². The van der Waals surface area contributed by atoms with Crippen LogP contribution in [0.25, 0.3) is 0 Å². The normalized spacial score (nSPS) is 21.3. The fourth-order valence-corrected chi connectivity index (χ4v) is 1.86. The lowest BCUT2D eigenvalue weighted by Gasteiger charge is -2.28. The monoisotopic (exact) mass is 177 g/mol. The number of hydrogen-bond acceptors (Lipinski definition) is 0. The van der Waals surface area contributed by atoms with E-state index in [4.69, 9.17) is 0 Å². The average Bonchev–Trinajstić information content (AvgIpc) is 2.33. The van der Waals surface area contributed by atoms with E-state index in [9.17, 15) is 0 Å². The SMILES string of the molecule is CCCC[N+]1(C)CCCC1.[Cl-]. The summed E-state index contributed by atoms with van der Waals surface area (Å²) in [6, 6.07) is 0. The van der Waals surface area contributed by atoms with Crippen molar-refractivity contribution in [1.82, 2.24) is 0 Å². The molecule has 0 aliphatic carbocycles. The van der Waals surface area contributed by atoms with Gasteiger partial charge in [-0.2, -0.15) is 0 Å². The number of rotatable bonds is 3. The van der Waals surface area contributed by atoms with Crippen molar-refractivity contribution < 1.29 is 16.9 Å². The van der Waals surface area contributed by atoms with Crippen molar-refractivity contribution in [2.24, 2.45) is 0 Å². The van der Waals surface area contributed by atoms with E-state index in [0.29, 0.717) is 0 Å². The summed E-state index contributed by atoms with van der Waals surface area (Å²) < 4.78 is 1.36. The molecule has 2 heteroatoms. The molecule has 0 bridgehead atoms. The van der Waals surface area contributed by atoms with Gasteiger partial charge in [-0.15, -0.1) is 0 Å². The Morgan fingerprint density at radius 1 is 1.18 bits per heavy atom. The zero-order chi connectivity index (χ0) is 7.45. The second-order valence-corrected chi connectivity index (χ2v) is 3.85. The predicted molar refractivity (Wildman–Crippen MR) is 44.9 cm³/mol. The molecule has 0 aromatic carbocycles. The average molecular weight is 178 g/mol. The molecule has 1 heterocycles. The van der Waals surface area contributed by atoms with E-state index in [2.05, 4.69) is 14.0 Å². The molecule has 0 spiro atoms. The van der Waals surface area contributed by atoms with Crippen molar-refractivity contribution in [2.45, 2.75) is 32.6 Å². The lowest BCUT2D eigenvalue weighted by molar-refractivity contribution is -0.897. The highest BCUT2D eigenvalue weighted by Gasteiger charge is 2.25.